The number of hydrogen-bond donors (Lipinski definition) is 0. The molecule has 1 heterocycles. The Morgan fingerprint density at radius 2 is 2.57 bits per heavy atom. The van der Waals surface area contributed by atoms with Gasteiger partial charge in [0.1, 0.15) is 6.61 Å². The van der Waals surface area contributed by atoms with E-state index in [0.717, 1.165) is 19.6 Å². The molecule has 2 nitrogen and oxygen atoms in total. The topological polar surface area (TPSA) is 22.0 Å². The van der Waals surface area contributed by atoms with Crippen LogP contribution in [0.3, 0.4) is 0 Å². The van der Waals surface area contributed by atoms with Crippen LogP contribution in [0.5, 0.6) is 0 Å². The van der Waals surface area contributed by atoms with Gasteiger partial charge in [0.25, 0.3) is 0 Å². The Morgan fingerprint density at radius 1 is 1.71 bits per heavy atom. The Balaban J connectivity index is 2.14. The lowest BCUT2D eigenvalue weighted by atomic mass is 10.3. The monoisotopic (exact) mass is 102 g/mol. The summed E-state index contributed by atoms with van der Waals surface area (Å²) in [6.45, 7) is 1.65. The molecule has 0 saturated carbocycles. The molecule has 0 bridgehead atoms. The molecule has 1 fully saturated rings. The molecule has 0 aromatic rings. The molecule has 0 spiro atoms. The Morgan fingerprint density at radius 3 is 2.86 bits per heavy atom. The summed E-state index contributed by atoms with van der Waals surface area (Å²) in [6, 6.07) is 0. The zero-order valence-corrected chi connectivity index (χ0v) is 4.26. The molecule has 0 aromatic carbocycles. The van der Waals surface area contributed by atoms with E-state index in [4.69, 9.17) is 4.74 Å². The van der Waals surface area contributed by atoms with Crippen LogP contribution in [0.25, 0.3) is 0 Å². The van der Waals surface area contributed by atoms with Crippen LogP contribution in [0, 0.1) is 7.11 Å². The first-order valence-electron chi connectivity index (χ1n) is 2.47. The van der Waals surface area contributed by atoms with Gasteiger partial charge in [-0.1, -0.05) is 7.11 Å². The second-order valence-electron chi connectivity index (χ2n) is 1.70. The number of hydrogen-bond acceptors (Lipinski definition) is 1. The van der Waals surface area contributed by atoms with Crippen LogP contribution in [0.4, 0.5) is 0 Å². The summed E-state index contributed by atoms with van der Waals surface area (Å²) in [4.78, 5) is 0. The van der Waals surface area contributed by atoms with E-state index in [-0.39, 0.29) is 0 Å². The molecule has 0 amide bonds. The predicted molar refractivity (Wildman–Crippen MR) is 26.8 cm³/mol. The molecule has 42 valence electrons. The van der Waals surface area contributed by atoms with Crippen LogP contribution in [-0.2, 0) is 4.74 Å². The summed E-state index contributed by atoms with van der Waals surface area (Å²) in [5.74, 6) is 0. The highest BCUT2D eigenvalue weighted by molar-refractivity contribution is 4.60. The molecule has 1 aliphatic rings. The van der Waals surface area contributed by atoms with Crippen molar-refractivity contribution in [2.45, 2.75) is 12.5 Å². The summed E-state index contributed by atoms with van der Waals surface area (Å²) in [5.41, 5.74) is 0. The van der Waals surface area contributed by atoms with Crippen molar-refractivity contribution in [1.29, 1.82) is 0 Å². The molecule has 1 N–H and O–H groups in total. The Hall–Kier alpha value is -0.0800. The van der Waals surface area contributed by atoms with Crippen molar-refractivity contribution in [3.63, 3.8) is 0 Å². The van der Waals surface area contributed by atoms with Gasteiger partial charge < -0.3 is 9.47 Å². The van der Waals surface area contributed by atoms with E-state index in [1.807, 2.05) is 0 Å². The molecular formula is C5H10O2. The van der Waals surface area contributed by atoms with E-state index >= 15 is 0 Å². The lowest BCUT2D eigenvalue weighted by Gasteiger charge is -2.03. The van der Waals surface area contributed by atoms with Gasteiger partial charge in [0.05, 0.1) is 6.61 Å². The van der Waals surface area contributed by atoms with Crippen molar-refractivity contribution >= 4 is 0 Å². The summed E-state index contributed by atoms with van der Waals surface area (Å²) in [7, 11) is 3.41. The van der Waals surface area contributed by atoms with Crippen LogP contribution in [0.1, 0.15) is 6.42 Å². The van der Waals surface area contributed by atoms with Crippen molar-refractivity contribution in [3.8, 4) is 0 Å². The van der Waals surface area contributed by atoms with Crippen LogP contribution in [-0.4, -0.2) is 24.1 Å². The number of rotatable bonds is 1. The third-order valence-electron chi connectivity index (χ3n) is 1.16. The van der Waals surface area contributed by atoms with E-state index < -0.39 is 0 Å². The third kappa shape index (κ3) is 1.14. The zero-order chi connectivity index (χ0) is 5.11. The average Bonchev–Trinajstić information content (AvgIpc) is 2.14. The normalized spacial score (nSPS) is 31.3. The van der Waals surface area contributed by atoms with E-state index in [2.05, 4.69) is 11.8 Å². The second-order valence-corrected chi connectivity index (χ2v) is 1.70. The van der Waals surface area contributed by atoms with Gasteiger partial charge in [0, 0.05) is 6.42 Å². The molecule has 0 radical (unpaired) electrons. The average molecular weight is 102 g/mol. The molecule has 1 unspecified atom stereocenters. The fraction of sp³-hybridized carbons (Fsp3) is 0.800. The molecule has 1 aliphatic heterocycles. The summed E-state index contributed by atoms with van der Waals surface area (Å²) in [5, 5.41) is 0. The van der Waals surface area contributed by atoms with Crippen LogP contribution in [0.15, 0.2) is 0 Å². The van der Waals surface area contributed by atoms with Crippen LogP contribution >= 0.6 is 0 Å². The second kappa shape index (κ2) is 2.28. The molecule has 7 heavy (non-hydrogen) atoms. The molecule has 1 rings (SSSR count). The van der Waals surface area contributed by atoms with Crippen molar-refractivity contribution in [2.75, 3.05) is 13.2 Å². The maximum absolute atomic E-state index is 5.01. The van der Waals surface area contributed by atoms with Gasteiger partial charge in [0.2, 0.25) is 0 Å². The van der Waals surface area contributed by atoms with Gasteiger partial charge in [-0.25, -0.2) is 0 Å². The number of aliphatic hydroxyl groups is 2. The van der Waals surface area contributed by atoms with Crippen molar-refractivity contribution < 1.29 is 9.47 Å². The predicted octanol–water partition coefficient (Wildman–Crippen LogP) is 0.0949. The van der Waals surface area contributed by atoms with E-state index in [1.165, 1.54) is 0 Å². The minimum Gasteiger partial charge on any atom is -0.578 e. The lowest BCUT2D eigenvalue weighted by Crippen LogP contribution is -2.10. The molecule has 1 saturated heterocycles. The Labute approximate surface area is 43.4 Å². The summed E-state index contributed by atoms with van der Waals surface area (Å²) in [6.07, 6.45) is 1.45. The maximum atomic E-state index is 5.01. The maximum Gasteiger partial charge on any atom is 0.155 e. The third-order valence-corrected chi connectivity index (χ3v) is 1.16. The van der Waals surface area contributed by atoms with Gasteiger partial charge in [-0.2, -0.15) is 0 Å². The smallest absolute Gasteiger partial charge is 0.155 e. The first-order valence-corrected chi connectivity index (χ1v) is 2.47. The highest BCUT2D eigenvalue weighted by Crippen LogP contribution is 2.03. The highest BCUT2D eigenvalue weighted by atomic mass is 16.5. The zero-order valence-electron chi connectivity index (χ0n) is 4.26. The van der Waals surface area contributed by atoms with Crippen molar-refractivity contribution in [1.82, 2.24) is 0 Å². The van der Waals surface area contributed by atoms with Gasteiger partial charge in [0.15, 0.2) is 6.10 Å². The molecule has 0 aliphatic carbocycles. The highest BCUT2D eigenvalue weighted by Gasteiger charge is 2.15. The van der Waals surface area contributed by atoms with Gasteiger partial charge in [-0.3, -0.25) is 0 Å². The largest absolute Gasteiger partial charge is 0.578 e. The first kappa shape index (κ1) is 5.06. The minimum atomic E-state index is 0.389. The first-order chi connectivity index (χ1) is 3.43. The summed E-state index contributed by atoms with van der Waals surface area (Å²) >= 11 is 0. The van der Waals surface area contributed by atoms with Crippen molar-refractivity contribution in [3.05, 3.63) is 7.11 Å². The van der Waals surface area contributed by atoms with Crippen LogP contribution in [0.2, 0.25) is 0 Å². The molecule has 0 aromatic heterocycles. The van der Waals surface area contributed by atoms with Crippen molar-refractivity contribution in [2.24, 2.45) is 0 Å². The quantitative estimate of drug-likeness (QED) is 0.340. The molecular weight excluding hydrogens is 92.1 g/mol. The fourth-order valence-electron chi connectivity index (χ4n) is 0.666. The number of ether oxygens (including phenoxy) is 2. The van der Waals surface area contributed by atoms with Gasteiger partial charge in [-0.15, -0.1) is 0 Å². The standard InChI is InChI=1S/C5H10O2/c1-6-5-2-3-7-4-5/h5-6H,1-4H2. The summed E-state index contributed by atoms with van der Waals surface area (Å²) < 4.78 is 8.83. The minimum absolute atomic E-state index is 0.389. The van der Waals surface area contributed by atoms with Gasteiger partial charge >= 0.3 is 0 Å². The Kier molecular flexibility index (Phi) is 1.65. The van der Waals surface area contributed by atoms with Crippen LogP contribution < -0.4 is 0 Å². The van der Waals surface area contributed by atoms with E-state index in [9.17, 15) is 0 Å². The molecule has 1 atom stereocenters. The van der Waals surface area contributed by atoms with E-state index in [0.29, 0.717) is 6.10 Å². The van der Waals surface area contributed by atoms with Gasteiger partial charge in [-0.05, 0) is 0 Å². The molecule has 2 heteroatoms. The Bertz CT molecular complexity index is 48.0. The van der Waals surface area contributed by atoms with E-state index in [1.54, 1.807) is 0 Å². The SMILES string of the molecule is [CH2-][OH+]C1CCOC1. The lowest BCUT2D eigenvalue weighted by molar-refractivity contribution is -0.0283. The fourth-order valence-corrected chi connectivity index (χ4v) is 0.666.